The standard InChI is InChI=1S/C25H29N7O/c1-16-12-21-20(17(2)23(16)30-33-3)4-5-22(29-21)32-14-19(15-32)24-25(28-9-8-27-24)31-10-6-18(13-26)7-11-31/h4-5,8-9,12,18-19,30H,6-7,10-11,14-15H2,1-3H3. The van der Waals surface area contributed by atoms with Gasteiger partial charge in [-0.1, -0.05) is 0 Å². The Balaban J connectivity index is 1.33. The number of piperidine rings is 1. The van der Waals surface area contributed by atoms with Crippen LogP contribution in [0.4, 0.5) is 17.3 Å². The van der Waals surface area contributed by atoms with E-state index in [1.807, 2.05) is 0 Å². The zero-order valence-electron chi connectivity index (χ0n) is 19.4. The van der Waals surface area contributed by atoms with Gasteiger partial charge in [0.05, 0.1) is 30.1 Å². The molecule has 2 fully saturated rings. The van der Waals surface area contributed by atoms with E-state index in [0.717, 1.165) is 84.1 Å². The first-order chi connectivity index (χ1) is 16.1. The molecular weight excluding hydrogens is 414 g/mol. The van der Waals surface area contributed by atoms with Crippen molar-refractivity contribution in [1.82, 2.24) is 15.0 Å². The van der Waals surface area contributed by atoms with Gasteiger partial charge >= 0.3 is 0 Å². The Kier molecular flexibility index (Phi) is 5.73. The van der Waals surface area contributed by atoms with Crippen molar-refractivity contribution in [3.05, 3.63) is 47.4 Å². The number of fused-ring (bicyclic) bond motifs is 1. The van der Waals surface area contributed by atoms with Crippen molar-refractivity contribution in [3.63, 3.8) is 0 Å². The molecule has 1 aromatic carbocycles. The van der Waals surface area contributed by atoms with E-state index in [1.54, 1.807) is 19.5 Å². The quantitative estimate of drug-likeness (QED) is 0.593. The SMILES string of the molecule is CONc1c(C)cc2nc(N3CC(c4nccnc4N4CCC(C#N)CC4)C3)ccc2c1C. The van der Waals surface area contributed by atoms with Crippen molar-refractivity contribution >= 4 is 28.2 Å². The van der Waals surface area contributed by atoms with Crippen LogP contribution in [-0.2, 0) is 4.84 Å². The second-order valence-corrected chi connectivity index (χ2v) is 8.99. The van der Waals surface area contributed by atoms with E-state index in [2.05, 4.69) is 58.4 Å². The van der Waals surface area contributed by atoms with Gasteiger partial charge in [-0.2, -0.15) is 5.26 Å². The van der Waals surface area contributed by atoms with Crippen molar-refractivity contribution in [2.24, 2.45) is 5.92 Å². The van der Waals surface area contributed by atoms with Crippen LogP contribution in [0.15, 0.2) is 30.6 Å². The summed E-state index contributed by atoms with van der Waals surface area (Å²) < 4.78 is 0. The molecule has 1 N–H and O–H groups in total. The molecule has 0 bridgehead atoms. The fraction of sp³-hybridized carbons (Fsp3) is 0.440. The van der Waals surface area contributed by atoms with Gasteiger partial charge in [-0.05, 0) is 56.0 Å². The molecule has 4 heterocycles. The number of aryl methyl sites for hydroxylation is 2. The fourth-order valence-electron chi connectivity index (χ4n) is 4.97. The van der Waals surface area contributed by atoms with E-state index in [4.69, 9.17) is 14.8 Å². The van der Waals surface area contributed by atoms with E-state index >= 15 is 0 Å². The maximum Gasteiger partial charge on any atom is 0.150 e. The van der Waals surface area contributed by atoms with Gasteiger partial charge in [0, 0.05) is 55.8 Å². The number of hydrogen-bond donors (Lipinski definition) is 1. The minimum atomic E-state index is 0.160. The maximum atomic E-state index is 9.19. The molecule has 170 valence electrons. The summed E-state index contributed by atoms with van der Waals surface area (Å²) in [6, 6.07) is 8.76. The molecule has 0 saturated carbocycles. The second kappa shape index (κ2) is 8.83. The van der Waals surface area contributed by atoms with Crippen LogP contribution in [0.25, 0.3) is 10.9 Å². The molecule has 2 aromatic heterocycles. The van der Waals surface area contributed by atoms with E-state index in [0.29, 0.717) is 5.92 Å². The summed E-state index contributed by atoms with van der Waals surface area (Å²) in [4.78, 5) is 24.1. The number of pyridine rings is 1. The summed E-state index contributed by atoms with van der Waals surface area (Å²) in [7, 11) is 1.63. The zero-order valence-corrected chi connectivity index (χ0v) is 19.4. The van der Waals surface area contributed by atoms with Gasteiger partial charge in [0.2, 0.25) is 0 Å². The first-order valence-electron chi connectivity index (χ1n) is 11.5. The van der Waals surface area contributed by atoms with Crippen molar-refractivity contribution < 1.29 is 4.84 Å². The molecule has 5 rings (SSSR count). The molecule has 33 heavy (non-hydrogen) atoms. The van der Waals surface area contributed by atoms with Crippen LogP contribution in [0.5, 0.6) is 0 Å². The summed E-state index contributed by atoms with van der Waals surface area (Å²) in [5, 5.41) is 10.3. The minimum Gasteiger partial charge on any atom is -0.355 e. The summed E-state index contributed by atoms with van der Waals surface area (Å²) >= 11 is 0. The van der Waals surface area contributed by atoms with Gasteiger partial charge in [0.15, 0.2) is 5.82 Å². The van der Waals surface area contributed by atoms with Gasteiger partial charge in [0.25, 0.3) is 0 Å². The Morgan fingerprint density at radius 2 is 1.85 bits per heavy atom. The molecule has 0 spiro atoms. The molecule has 2 saturated heterocycles. The lowest BCUT2D eigenvalue weighted by Gasteiger charge is -2.41. The van der Waals surface area contributed by atoms with Crippen LogP contribution in [0, 0.1) is 31.1 Å². The first-order valence-corrected chi connectivity index (χ1v) is 11.5. The third kappa shape index (κ3) is 3.93. The number of nitrogens with zero attached hydrogens (tertiary/aromatic N) is 6. The van der Waals surface area contributed by atoms with E-state index in [9.17, 15) is 5.26 Å². The Labute approximate surface area is 194 Å². The molecule has 3 aromatic rings. The molecule has 2 aliphatic heterocycles. The number of benzene rings is 1. The van der Waals surface area contributed by atoms with Gasteiger partial charge in [0.1, 0.15) is 5.82 Å². The number of anilines is 3. The topological polar surface area (TPSA) is 90.2 Å². The molecule has 0 aliphatic carbocycles. The van der Waals surface area contributed by atoms with Crippen LogP contribution in [-0.4, -0.2) is 48.2 Å². The maximum absolute atomic E-state index is 9.19. The minimum absolute atomic E-state index is 0.160. The number of rotatable bonds is 5. The largest absolute Gasteiger partial charge is 0.355 e. The summed E-state index contributed by atoms with van der Waals surface area (Å²) in [5.41, 5.74) is 8.28. The fourth-order valence-corrected chi connectivity index (χ4v) is 4.97. The van der Waals surface area contributed by atoms with E-state index in [1.165, 1.54) is 0 Å². The Hall–Kier alpha value is -3.44. The lowest BCUT2D eigenvalue weighted by atomic mass is 9.94. The van der Waals surface area contributed by atoms with E-state index < -0.39 is 0 Å². The number of nitrogens with one attached hydrogen (secondary N) is 1. The van der Waals surface area contributed by atoms with Crippen LogP contribution < -0.4 is 15.3 Å². The normalized spacial score (nSPS) is 17.2. The monoisotopic (exact) mass is 443 g/mol. The van der Waals surface area contributed by atoms with Crippen molar-refractivity contribution in [2.45, 2.75) is 32.6 Å². The molecule has 2 aliphatic rings. The van der Waals surface area contributed by atoms with Gasteiger partial charge < -0.3 is 9.80 Å². The highest BCUT2D eigenvalue weighted by molar-refractivity contribution is 5.89. The van der Waals surface area contributed by atoms with Crippen LogP contribution in [0.2, 0.25) is 0 Å². The lowest BCUT2D eigenvalue weighted by Crippen LogP contribution is -2.47. The Bertz CT molecular complexity index is 1210. The summed E-state index contributed by atoms with van der Waals surface area (Å²) in [6.45, 7) is 7.64. The Morgan fingerprint density at radius 3 is 2.58 bits per heavy atom. The predicted octanol–water partition coefficient (Wildman–Crippen LogP) is 3.96. The molecule has 0 unspecified atom stereocenters. The summed E-state index contributed by atoms with van der Waals surface area (Å²) in [5.74, 6) is 2.46. The number of nitriles is 1. The highest BCUT2D eigenvalue weighted by Gasteiger charge is 2.34. The molecule has 0 radical (unpaired) electrons. The molecule has 0 amide bonds. The van der Waals surface area contributed by atoms with Crippen molar-refractivity contribution in [2.75, 3.05) is 48.6 Å². The third-order valence-electron chi connectivity index (χ3n) is 6.92. The second-order valence-electron chi connectivity index (χ2n) is 8.99. The van der Waals surface area contributed by atoms with Gasteiger partial charge in [-0.3, -0.25) is 15.3 Å². The molecule has 8 heteroatoms. The summed E-state index contributed by atoms with van der Waals surface area (Å²) in [6.07, 6.45) is 5.35. The highest BCUT2D eigenvalue weighted by atomic mass is 16.6. The van der Waals surface area contributed by atoms with Crippen LogP contribution >= 0.6 is 0 Å². The molecule has 0 atom stereocenters. The third-order valence-corrected chi connectivity index (χ3v) is 6.92. The lowest BCUT2D eigenvalue weighted by molar-refractivity contribution is 0.270. The molecule has 8 nitrogen and oxygen atoms in total. The highest BCUT2D eigenvalue weighted by Crippen LogP contribution is 2.36. The average molecular weight is 444 g/mol. The van der Waals surface area contributed by atoms with Crippen LogP contribution in [0.3, 0.4) is 0 Å². The number of aromatic nitrogens is 3. The zero-order chi connectivity index (χ0) is 22.9. The van der Waals surface area contributed by atoms with Crippen molar-refractivity contribution in [3.8, 4) is 6.07 Å². The smallest absolute Gasteiger partial charge is 0.150 e. The number of hydrogen-bond acceptors (Lipinski definition) is 8. The first kappa shape index (κ1) is 21.4. The average Bonchev–Trinajstić information content (AvgIpc) is 2.81. The Morgan fingerprint density at radius 1 is 1.09 bits per heavy atom. The predicted molar refractivity (Wildman–Crippen MR) is 129 cm³/mol. The van der Waals surface area contributed by atoms with Gasteiger partial charge in [-0.15, -0.1) is 0 Å². The van der Waals surface area contributed by atoms with E-state index in [-0.39, 0.29) is 5.92 Å². The molecular formula is C25H29N7O. The van der Waals surface area contributed by atoms with Crippen LogP contribution in [0.1, 0.15) is 35.6 Å². The van der Waals surface area contributed by atoms with Crippen molar-refractivity contribution in [1.29, 1.82) is 5.26 Å². The van der Waals surface area contributed by atoms with Gasteiger partial charge in [-0.25, -0.2) is 9.97 Å².